The molecule has 2 heterocycles. The van der Waals surface area contributed by atoms with Gasteiger partial charge in [-0.2, -0.15) is 0 Å². The average Bonchev–Trinajstić information content (AvgIpc) is 1.97. The van der Waals surface area contributed by atoms with E-state index in [-0.39, 0.29) is 12.4 Å². The molecule has 2 aliphatic heterocycles. The maximum atomic E-state index is 12.7. The smallest absolute Gasteiger partial charge is 0.369 e. The van der Waals surface area contributed by atoms with Crippen LogP contribution in [0.5, 0.6) is 0 Å². The van der Waals surface area contributed by atoms with Crippen LogP contribution < -0.4 is 22.8 Å². The predicted octanol–water partition coefficient (Wildman–Crippen LogP) is -3.41. The molecule has 6 nitrogen and oxygen atoms in total. The highest BCUT2D eigenvalue weighted by Crippen LogP contribution is 2.47. The minimum Gasteiger partial charge on any atom is -1.00 e. The largest absolute Gasteiger partial charge is 1.00 e. The number of nitrogens with zero attached hydrogens (tertiary/aromatic N) is 3. The molecule has 0 radical (unpaired) electrons. The average molecular weight is 271 g/mol. The first-order chi connectivity index (χ1) is 6.73. The summed E-state index contributed by atoms with van der Waals surface area (Å²) in [4.78, 5) is 0. The Morgan fingerprint density at radius 3 is 1.75 bits per heavy atom. The van der Waals surface area contributed by atoms with E-state index in [2.05, 4.69) is 15.1 Å². The van der Waals surface area contributed by atoms with Gasteiger partial charge in [0.15, 0.2) is 0 Å². The molecular weight excluding hydrogens is 249 g/mol. The van der Waals surface area contributed by atoms with Gasteiger partial charge in [0.1, 0.15) is 13.1 Å². The molecule has 8 heteroatoms. The highest BCUT2D eigenvalue weighted by molar-refractivity contribution is 7.57. The standard InChI is InChI=1S/C8H22N5OP.ClH/c1-12(2)7-5-11-6-8-13(3,4)10-15(11,14)9-12;/h5-8H2,1-4H3,(H2,9,10,14);1H/q+2;/p-1. The number of rotatable bonds is 0. The van der Waals surface area contributed by atoms with Crippen LogP contribution in [-0.2, 0) is 4.57 Å². The van der Waals surface area contributed by atoms with Gasteiger partial charge in [0.25, 0.3) is 0 Å². The third-order valence-corrected chi connectivity index (χ3v) is 5.87. The topological polar surface area (TPSA) is 44.4 Å². The van der Waals surface area contributed by atoms with Gasteiger partial charge in [-0.25, -0.2) is 13.9 Å². The van der Waals surface area contributed by atoms with Crippen molar-refractivity contribution in [2.45, 2.75) is 0 Å². The lowest BCUT2D eigenvalue weighted by Crippen LogP contribution is -3.00. The quantitative estimate of drug-likeness (QED) is 0.356. The van der Waals surface area contributed by atoms with Gasteiger partial charge < -0.3 is 12.4 Å². The van der Waals surface area contributed by atoms with Crippen molar-refractivity contribution in [3.05, 3.63) is 0 Å². The SMILES string of the molecule is C[N+]1(C)CCN2CC[N+](C)(C)NP2(=O)N1.[Cl-]. The molecule has 2 fully saturated rings. The molecule has 0 aromatic carbocycles. The lowest BCUT2D eigenvalue weighted by Gasteiger charge is -2.49. The molecule has 2 N–H and O–H groups in total. The Hall–Kier alpha value is 0.320. The van der Waals surface area contributed by atoms with Crippen molar-refractivity contribution in [2.24, 2.45) is 0 Å². The molecule has 0 aromatic rings. The monoisotopic (exact) mass is 270 g/mol. The van der Waals surface area contributed by atoms with Crippen molar-refractivity contribution in [1.29, 1.82) is 0 Å². The molecule has 2 aliphatic rings. The van der Waals surface area contributed by atoms with Crippen LogP contribution in [0.4, 0.5) is 0 Å². The van der Waals surface area contributed by atoms with Crippen molar-refractivity contribution < 1.29 is 26.2 Å². The van der Waals surface area contributed by atoms with E-state index in [0.29, 0.717) is 9.18 Å². The Morgan fingerprint density at radius 1 is 1.00 bits per heavy atom. The van der Waals surface area contributed by atoms with E-state index < -0.39 is 7.59 Å². The third kappa shape index (κ3) is 2.76. The van der Waals surface area contributed by atoms with E-state index in [0.717, 1.165) is 26.2 Å². The molecule has 0 spiro atoms. The summed E-state index contributed by atoms with van der Waals surface area (Å²) in [5.41, 5.74) is 0. The van der Waals surface area contributed by atoms with Gasteiger partial charge in [-0.15, -0.1) is 0 Å². The molecule has 2 rings (SSSR count). The van der Waals surface area contributed by atoms with Crippen molar-refractivity contribution in [3.8, 4) is 0 Å². The number of hydrogen-bond donors (Lipinski definition) is 2. The van der Waals surface area contributed by atoms with Crippen LogP contribution >= 0.6 is 7.59 Å². The lowest BCUT2D eigenvalue weighted by molar-refractivity contribution is -0.939. The molecule has 0 aliphatic carbocycles. The van der Waals surface area contributed by atoms with Crippen LogP contribution in [0.2, 0.25) is 0 Å². The van der Waals surface area contributed by atoms with Crippen LogP contribution in [0.1, 0.15) is 0 Å². The maximum absolute atomic E-state index is 12.7. The maximum Gasteiger partial charge on any atom is 0.369 e. The normalized spacial score (nSPS) is 31.2. The lowest BCUT2D eigenvalue weighted by atomic mass is 10.5. The Kier molecular flexibility index (Phi) is 3.78. The van der Waals surface area contributed by atoms with E-state index in [1.54, 1.807) is 0 Å². The molecule has 0 unspecified atom stereocenters. The summed E-state index contributed by atoms with van der Waals surface area (Å²) in [6, 6.07) is 0. The van der Waals surface area contributed by atoms with Crippen molar-refractivity contribution in [3.63, 3.8) is 0 Å². The number of nitrogens with one attached hydrogen (secondary N) is 2. The predicted molar refractivity (Wildman–Crippen MR) is 59.4 cm³/mol. The van der Waals surface area contributed by atoms with Crippen LogP contribution in [-0.4, -0.2) is 68.2 Å². The van der Waals surface area contributed by atoms with Gasteiger partial charge in [0, 0.05) is 0 Å². The van der Waals surface area contributed by atoms with Gasteiger partial charge in [0.05, 0.1) is 41.3 Å². The third-order valence-electron chi connectivity index (χ3n) is 3.05. The fourth-order valence-electron chi connectivity index (χ4n) is 2.11. The molecule has 0 bridgehead atoms. The van der Waals surface area contributed by atoms with Gasteiger partial charge >= 0.3 is 7.59 Å². The minimum absolute atomic E-state index is 0. The number of halogens is 1. The molecule has 2 saturated heterocycles. The summed E-state index contributed by atoms with van der Waals surface area (Å²) in [5, 5.41) is 6.44. The fraction of sp³-hybridized carbons (Fsp3) is 1.00. The van der Waals surface area contributed by atoms with Crippen molar-refractivity contribution in [1.82, 2.24) is 15.1 Å². The van der Waals surface area contributed by atoms with E-state index >= 15 is 0 Å². The van der Waals surface area contributed by atoms with Gasteiger partial charge in [0.2, 0.25) is 0 Å². The zero-order valence-corrected chi connectivity index (χ0v) is 12.1. The molecule has 0 atom stereocenters. The van der Waals surface area contributed by atoms with Crippen molar-refractivity contribution in [2.75, 3.05) is 54.4 Å². The van der Waals surface area contributed by atoms with E-state index in [9.17, 15) is 4.57 Å². The number of quaternary nitrogens is 2. The Morgan fingerprint density at radius 2 is 1.38 bits per heavy atom. The van der Waals surface area contributed by atoms with Crippen LogP contribution in [0, 0.1) is 0 Å². The zero-order chi connectivity index (χ0) is 11.3. The highest BCUT2D eigenvalue weighted by Gasteiger charge is 2.49. The Labute approximate surface area is 104 Å². The second-order valence-electron chi connectivity index (χ2n) is 5.55. The van der Waals surface area contributed by atoms with Crippen LogP contribution in [0.25, 0.3) is 0 Å². The second kappa shape index (κ2) is 4.21. The molecule has 0 saturated carbocycles. The van der Waals surface area contributed by atoms with Crippen molar-refractivity contribution >= 4 is 7.59 Å². The summed E-state index contributed by atoms with van der Waals surface area (Å²) >= 11 is 0. The van der Waals surface area contributed by atoms with E-state index in [1.165, 1.54) is 0 Å². The molecule has 0 aromatic heterocycles. The summed E-state index contributed by atoms with van der Waals surface area (Å²) in [7, 11) is 5.61. The molecule has 0 amide bonds. The molecule has 16 heavy (non-hydrogen) atoms. The zero-order valence-electron chi connectivity index (χ0n) is 10.4. The summed E-state index contributed by atoms with van der Waals surface area (Å²) in [5.74, 6) is 0. The number of fused-ring (bicyclic) bond motifs is 1. The molecular formula is C8H22ClN5OP+. The van der Waals surface area contributed by atoms with Crippen LogP contribution in [0.3, 0.4) is 0 Å². The van der Waals surface area contributed by atoms with E-state index in [1.807, 2.05) is 28.2 Å². The summed E-state index contributed by atoms with van der Waals surface area (Å²) < 4.78 is 16.0. The number of likely N-dealkylation sites (N-methyl/N-ethyl adjacent to an activating group) is 2. The Bertz CT molecular complexity index is 296. The van der Waals surface area contributed by atoms with Gasteiger partial charge in [-0.05, 0) is 0 Å². The first kappa shape index (κ1) is 14.4. The Balaban J connectivity index is 0.00000128. The van der Waals surface area contributed by atoms with Gasteiger partial charge in [-0.1, -0.05) is 10.4 Å². The highest BCUT2D eigenvalue weighted by atomic mass is 35.5. The molecule has 96 valence electrons. The first-order valence-corrected chi connectivity index (χ1v) is 6.99. The first-order valence-electron chi connectivity index (χ1n) is 5.33. The van der Waals surface area contributed by atoms with Gasteiger partial charge in [-0.3, -0.25) is 4.57 Å². The summed E-state index contributed by atoms with van der Waals surface area (Å²) in [6.07, 6.45) is 0. The minimum atomic E-state index is -2.58. The van der Waals surface area contributed by atoms with E-state index in [4.69, 9.17) is 0 Å². The number of hydrogen-bond acceptors (Lipinski definition) is 1. The second-order valence-corrected chi connectivity index (χ2v) is 7.66. The summed E-state index contributed by atoms with van der Waals surface area (Å²) in [6.45, 7) is 3.76. The van der Waals surface area contributed by atoms with Crippen LogP contribution in [0.15, 0.2) is 0 Å². The fourth-order valence-corrected chi connectivity index (χ4v) is 4.81.